The highest BCUT2D eigenvalue weighted by molar-refractivity contribution is 6.62. The summed E-state index contributed by atoms with van der Waals surface area (Å²) >= 11 is 0. The van der Waals surface area contributed by atoms with E-state index in [1.165, 1.54) is 4.90 Å². The van der Waals surface area contributed by atoms with Crippen LogP contribution in [0.25, 0.3) is 0 Å². The van der Waals surface area contributed by atoms with Crippen LogP contribution in [0.3, 0.4) is 0 Å². The monoisotopic (exact) mass is 407 g/mol. The van der Waals surface area contributed by atoms with Crippen molar-refractivity contribution < 1.29 is 23.6 Å². The zero-order chi connectivity index (χ0) is 21.5. The maximum Gasteiger partial charge on any atom is 0.494 e. The number of nitrogens with zero attached hydrogens (tertiary/aromatic N) is 1. The second-order valence-corrected chi connectivity index (χ2v) is 8.67. The number of rotatable bonds is 6. The van der Waals surface area contributed by atoms with Crippen LogP contribution >= 0.6 is 0 Å². The molecule has 0 radical (unpaired) electrons. The molecule has 7 heteroatoms. The molecule has 2 amide bonds. The van der Waals surface area contributed by atoms with Gasteiger partial charge in [-0.3, -0.25) is 14.5 Å². The predicted octanol–water partition coefficient (Wildman–Crippen LogP) is 3.05. The van der Waals surface area contributed by atoms with Crippen LogP contribution in [-0.2, 0) is 9.31 Å². The molecule has 0 spiro atoms. The summed E-state index contributed by atoms with van der Waals surface area (Å²) in [6.07, 6.45) is 0.560. The Balaban J connectivity index is 1.28. The van der Waals surface area contributed by atoms with Crippen molar-refractivity contribution in [1.82, 2.24) is 4.90 Å². The Morgan fingerprint density at radius 2 is 1.40 bits per heavy atom. The molecule has 2 aliphatic heterocycles. The Hall–Kier alpha value is -2.64. The van der Waals surface area contributed by atoms with E-state index in [0.29, 0.717) is 30.7 Å². The summed E-state index contributed by atoms with van der Waals surface area (Å²) in [5, 5.41) is 0. The van der Waals surface area contributed by atoms with Gasteiger partial charge in [0.2, 0.25) is 0 Å². The first-order valence-electron chi connectivity index (χ1n) is 10.2. The fourth-order valence-electron chi connectivity index (χ4n) is 3.56. The maximum absolute atomic E-state index is 12.4. The fraction of sp³-hybridized carbons (Fsp3) is 0.391. The van der Waals surface area contributed by atoms with Gasteiger partial charge in [0.05, 0.1) is 28.9 Å². The molecule has 4 rings (SSSR count). The summed E-state index contributed by atoms with van der Waals surface area (Å²) in [6.45, 7) is 8.84. The molecule has 2 aromatic rings. The lowest BCUT2D eigenvalue weighted by Gasteiger charge is -2.32. The topological polar surface area (TPSA) is 65.1 Å². The first kappa shape index (κ1) is 20.6. The van der Waals surface area contributed by atoms with Gasteiger partial charge in [-0.25, -0.2) is 0 Å². The molecule has 0 saturated carbocycles. The third kappa shape index (κ3) is 3.63. The van der Waals surface area contributed by atoms with Crippen molar-refractivity contribution in [2.75, 3.05) is 13.2 Å². The molecule has 1 fully saturated rings. The lowest BCUT2D eigenvalue weighted by molar-refractivity contribution is 0.00578. The minimum Gasteiger partial charge on any atom is -0.494 e. The van der Waals surface area contributed by atoms with Gasteiger partial charge in [0.25, 0.3) is 11.8 Å². The van der Waals surface area contributed by atoms with Gasteiger partial charge in [0.15, 0.2) is 0 Å². The van der Waals surface area contributed by atoms with E-state index in [0.717, 1.165) is 11.2 Å². The SMILES string of the molecule is CC1(C)OB(c2ccc(OCCCN3C(=O)c4ccccc4C3=O)cc2)OC1(C)C. The van der Waals surface area contributed by atoms with Crippen molar-refractivity contribution in [3.63, 3.8) is 0 Å². The Kier molecular flexibility index (Phi) is 5.20. The molecule has 0 bridgehead atoms. The molecule has 0 N–H and O–H groups in total. The number of carbonyl (C=O) groups excluding carboxylic acids is 2. The van der Waals surface area contributed by atoms with Crippen molar-refractivity contribution in [2.24, 2.45) is 0 Å². The van der Waals surface area contributed by atoms with E-state index in [9.17, 15) is 9.59 Å². The Morgan fingerprint density at radius 3 is 1.93 bits per heavy atom. The predicted molar refractivity (Wildman–Crippen MR) is 114 cm³/mol. The second kappa shape index (κ2) is 7.56. The number of ether oxygens (including phenoxy) is 1. The molecule has 2 aromatic carbocycles. The van der Waals surface area contributed by atoms with Gasteiger partial charge in [-0.2, -0.15) is 0 Å². The van der Waals surface area contributed by atoms with E-state index in [4.69, 9.17) is 14.0 Å². The Labute approximate surface area is 177 Å². The van der Waals surface area contributed by atoms with Gasteiger partial charge in [-0.15, -0.1) is 0 Å². The average Bonchev–Trinajstić information content (AvgIpc) is 3.09. The normalized spacial score (nSPS) is 19.3. The maximum atomic E-state index is 12.4. The molecular formula is C23H26BNO5. The molecule has 30 heavy (non-hydrogen) atoms. The van der Waals surface area contributed by atoms with E-state index in [1.54, 1.807) is 24.3 Å². The molecule has 156 valence electrons. The van der Waals surface area contributed by atoms with Gasteiger partial charge < -0.3 is 14.0 Å². The quantitative estimate of drug-likeness (QED) is 0.419. The summed E-state index contributed by atoms with van der Waals surface area (Å²) in [4.78, 5) is 26.0. The number of hydrogen-bond donors (Lipinski definition) is 0. The van der Waals surface area contributed by atoms with Crippen LogP contribution in [0.5, 0.6) is 5.75 Å². The molecular weight excluding hydrogens is 381 g/mol. The standard InChI is InChI=1S/C23H26BNO5/c1-22(2)23(3,4)30-24(29-22)16-10-12-17(13-11-16)28-15-7-14-25-20(26)18-8-5-6-9-19(18)21(25)27/h5-6,8-13H,7,14-15H2,1-4H3. The van der Waals surface area contributed by atoms with Gasteiger partial charge in [-0.05, 0) is 63.8 Å². The van der Waals surface area contributed by atoms with E-state index in [-0.39, 0.29) is 23.0 Å². The molecule has 2 aliphatic rings. The van der Waals surface area contributed by atoms with E-state index >= 15 is 0 Å². The van der Waals surface area contributed by atoms with E-state index in [2.05, 4.69) is 0 Å². The van der Waals surface area contributed by atoms with Crippen molar-refractivity contribution >= 4 is 24.4 Å². The van der Waals surface area contributed by atoms with Crippen LogP contribution in [0.15, 0.2) is 48.5 Å². The highest BCUT2D eigenvalue weighted by Gasteiger charge is 2.51. The third-order valence-corrected chi connectivity index (χ3v) is 6.08. The molecule has 0 aliphatic carbocycles. The highest BCUT2D eigenvalue weighted by atomic mass is 16.7. The van der Waals surface area contributed by atoms with Gasteiger partial charge in [0, 0.05) is 6.54 Å². The van der Waals surface area contributed by atoms with Crippen molar-refractivity contribution in [3.8, 4) is 5.75 Å². The number of amides is 2. The molecule has 2 heterocycles. The number of hydrogen-bond acceptors (Lipinski definition) is 5. The Morgan fingerprint density at radius 1 is 0.867 bits per heavy atom. The molecule has 0 unspecified atom stereocenters. The average molecular weight is 407 g/mol. The first-order valence-corrected chi connectivity index (χ1v) is 10.2. The minimum absolute atomic E-state index is 0.234. The summed E-state index contributed by atoms with van der Waals surface area (Å²) in [6, 6.07) is 14.5. The fourth-order valence-corrected chi connectivity index (χ4v) is 3.56. The largest absolute Gasteiger partial charge is 0.494 e. The highest BCUT2D eigenvalue weighted by Crippen LogP contribution is 2.36. The Bertz CT molecular complexity index is 919. The third-order valence-electron chi connectivity index (χ3n) is 6.08. The molecule has 6 nitrogen and oxygen atoms in total. The number of fused-ring (bicyclic) bond motifs is 1. The minimum atomic E-state index is -0.405. The van der Waals surface area contributed by atoms with Crippen LogP contribution in [0.2, 0.25) is 0 Å². The molecule has 0 atom stereocenters. The molecule has 1 saturated heterocycles. The summed E-state index contributed by atoms with van der Waals surface area (Å²) < 4.78 is 17.9. The number of benzene rings is 2. The van der Waals surface area contributed by atoms with Crippen LogP contribution in [0.1, 0.15) is 54.8 Å². The lowest BCUT2D eigenvalue weighted by atomic mass is 9.79. The summed E-state index contributed by atoms with van der Waals surface area (Å²) in [5.41, 5.74) is 1.13. The lowest BCUT2D eigenvalue weighted by Crippen LogP contribution is -2.41. The summed E-state index contributed by atoms with van der Waals surface area (Å²) in [7, 11) is -0.405. The van der Waals surface area contributed by atoms with Gasteiger partial charge >= 0.3 is 7.12 Å². The van der Waals surface area contributed by atoms with E-state index in [1.807, 2.05) is 52.0 Å². The van der Waals surface area contributed by atoms with E-state index < -0.39 is 7.12 Å². The smallest absolute Gasteiger partial charge is 0.494 e. The number of carbonyl (C=O) groups is 2. The first-order chi connectivity index (χ1) is 14.2. The molecule has 0 aromatic heterocycles. The zero-order valence-corrected chi connectivity index (χ0v) is 17.8. The van der Waals surface area contributed by atoms with Crippen LogP contribution in [0.4, 0.5) is 0 Å². The van der Waals surface area contributed by atoms with Crippen LogP contribution in [-0.4, -0.2) is 48.2 Å². The number of imide groups is 1. The van der Waals surface area contributed by atoms with Crippen molar-refractivity contribution in [2.45, 2.75) is 45.3 Å². The summed E-state index contributed by atoms with van der Waals surface area (Å²) in [5.74, 6) is 0.252. The van der Waals surface area contributed by atoms with Gasteiger partial charge in [-0.1, -0.05) is 24.3 Å². The van der Waals surface area contributed by atoms with Crippen molar-refractivity contribution in [3.05, 3.63) is 59.7 Å². The second-order valence-electron chi connectivity index (χ2n) is 8.67. The van der Waals surface area contributed by atoms with Gasteiger partial charge in [0.1, 0.15) is 5.75 Å². The van der Waals surface area contributed by atoms with Crippen LogP contribution < -0.4 is 10.2 Å². The van der Waals surface area contributed by atoms with Crippen LogP contribution in [0, 0.1) is 0 Å². The zero-order valence-electron chi connectivity index (χ0n) is 17.8. The van der Waals surface area contributed by atoms with Crippen molar-refractivity contribution in [1.29, 1.82) is 0 Å².